The van der Waals surface area contributed by atoms with Crippen molar-refractivity contribution in [2.24, 2.45) is 0 Å². The molecule has 0 radical (unpaired) electrons. The molecule has 2 amide bonds. The molecule has 206 valence electrons. The van der Waals surface area contributed by atoms with Gasteiger partial charge in [-0.3, -0.25) is 0 Å². The number of nitrogens with zero attached hydrogens (tertiary/aromatic N) is 1. The molecule has 0 bridgehead atoms. The number of aliphatic hydroxyl groups excluding tert-OH is 1. The fraction of sp³-hybridized carbons (Fsp3) is 0.226. The highest BCUT2D eigenvalue weighted by Crippen LogP contribution is 2.39. The van der Waals surface area contributed by atoms with Crippen molar-refractivity contribution >= 4 is 23.5 Å². The first-order chi connectivity index (χ1) is 19.6. The Morgan fingerprint density at radius 3 is 2.50 bits per heavy atom. The quantitative estimate of drug-likeness (QED) is 0.143. The van der Waals surface area contributed by atoms with Gasteiger partial charge in [0.1, 0.15) is 0 Å². The van der Waals surface area contributed by atoms with Crippen LogP contribution in [0.1, 0.15) is 41.1 Å². The van der Waals surface area contributed by atoms with Crippen molar-refractivity contribution in [2.75, 3.05) is 11.1 Å². The Morgan fingerprint density at radius 1 is 0.925 bits per heavy atom. The van der Waals surface area contributed by atoms with E-state index in [-0.39, 0.29) is 24.8 Å². The normalized spacial score (nSPS) is 18.7. The van der Waals surface area contributed by atoms with E-state index in [1.165, 1.54) is 18.0 Å². The standard InChI is InChI=1S/C31H31N3O5S/c35-20-23-12-14-24(15-13-23)28-18-27(21-40-29-11-4-5-16-34(29)37)38-30(39-28)25-9-6-10-26(17-25)33-31(36)32-19-22-7-2-1-3-8-22/h1-17,27-28,30,35H,18-21H2,(H2,32,33,36)/t27-,28+,30+/m1/s1. The summed E-state index contributed by atoms with van der Waals surface area (Å²) >= 11 is 1.44. The number of ether oxygens (including phenoxy) is 2. The molecule has 2 heterocycles. The number of amides is 2. The third-order valence-electron chi connectivity index (χ3n) is 6.53. The third kappa shape index (κ3) is 7.40. The van der Waals surface area contributed by atoms with E-state index in [0.717, 1.165) is 27.0 Å². The number of hydrogen-bond donors (Lipinski definition) is 3. The van der Waals surface area contributed by atoms with Gasteiger partial charge in [-0.05, 0) is 34.9 Å². The summed E-state index contributed by atoms with van der Waals surface area (Å²) in [5.41, 5.74) is 4.20. The van der Waals surface area contributed by atoms with Gasteiger partial charge in [-0.1, -0.05) is 78.5 Å². The van der Waals surface area contributed by atoms with Crippen molar-refractivity contribution in [1.29, 1.82) is 0 Å². The highest BCUT2D eigenvalue weighted by molar-refractivity contribution is 7.99. The number of pyridine rings is 1. The van der Waals surface area contributed by atoms with Gasteiger partial charge in [0.2, 0.25) is 0 Å². The van der Waals surface area contributed by atoms with Gasteiger partial charge in [-0.25, -0.2) is 4.79 Å². The molecule has 0 unspecified atom stereocenters. The topological polar surface area (TPSA) is 107 Å². The average molecular weight is 558 g/mol. The van der Waals surface area contributed by atoms with Crippen molar-refractivity contribution in [3.63, 3.8) is 0 Å². The molecule has 1 fully saturated rings. The number of benzene rings is 3. The molecule has 1 aliphatic heterocycles. The van der Waals surface area contributed by atoms with Crippen LogP contribution in [0, 0.1) is 5.21 Å². The Morgan fingerprint density at radius 2 is 1.73 bits per heavy atom. The molecule has 9 heteroatoms. The summed E-state index contributed by atoms with van der Waals surface area (Å²) in [6.45, 7) is 0.393. The lowest BCUT2D eigenvalue weighted by Gasteiger charge is -2.36. The lowest BCUT2D eigenvalue weighted by atomic mass is 10.0. The number of carbonyl (C=O) groups excluding carboxylic acids is 1. The van der Waals surface area contributed by atoms with Gasteiger partial charge < -0.3 is 30.4 Å². The zero-order chi connectivity index (χ0) is 27.7. The SMILES string of the molecule is O=C(NCc1ccccc1)Nc1cccc([C@H]2O[C@@H](CSc3cccc[n+]3[O-])C[C@@H](c3ccc(CO)cc3)O2)c1. The molecule has 0 aliphatic carbocycles. The summed E-state index contributed by atoms with van der Waals surface area (Å²) < 4.78 is 13.6. The number of aromatic nitrogens is 1. The molecule has 3 N–H and O–H groups in total. The molecule has 4 aromatic rings. The molecule has 5 rings (SSSR count). The largest absolute Gasteiger partial charge is 0.618 e. The van der Waals surface area contributed by atoms with E-state index in [1.54, 1.807) is 12.1 Å². The van der Waals surface area contributed by atoms with Gasteiger partial charge in [-0.2, -0.15) is 4.73 Å². The maximum atomic E-state index is 12.5. The monoisotopic (exact) mass is 557 g/mol. The van der Waals surface area contributed by atoms with E-state index < -0.39 is 6.29 Å². The van der Waals surface area contributed by atoms with E-state index in [9.17, 15) is 15.1 Å². The molecule has 8 nitrogen and oxygen atoms in total. The van der Waals surface area contributed by atoms with E-state index in [1.807, 2.05) is 84.9 Å². The number of aliphatic hydroxyl groups is 1. The number of hydrogen-bond acceptors (Lipinski definition) is 6. The van der Waals surface area contributed by atoms with Crippen molar-refractivity contribution in [3.05, 3.63) is 131 Å². The van der Waals surface area contributed by atoms with Crippen LogP contribution in [-0.2, 0) is 22.6 Å². The summed E-state index contributed by atoms with van der Waals surface area (Å²) in [5, 5.41) is 27.9. The van der Waals surface area contributed by atoms with Crippen LogP contribution in [0.5, 0.6) is 0 Å². The molecular weight excluding hydrogens is 526 g/mol. The van der Waals surface area contributed by atoms with Crippen molar-refractivity contribution in [3.8, 4) is 0 Å². The molecule has 3 atom stereocenters. The number of thioether (sulfide) groups is 1. The van der Waals surface area contributed by atoms with Crippen LogP contribution in [0.15, 0.2) is 108 Å². The number of urea groups is 1. The van der Waals surface area contributed by atoms with Crippen molar-refractivity contribution in [1.82, 2.24) is 5.32 Å². The second-order valence-electron chi connectivity index (χ2n) is 9.44. The Labute approximate surface area is 237 Å². The maximum absolute atomic E-state index is 12.5. The first-order valence-corrected chi connectivity index (χ1v) is 14.1. The Kier molecular flexibility index (Phi) is 9.30. The van der Waals surface area contributed by atoms with Crippen LogP contribution in [0.2, 0.25) is 0 Å². The highest BCUT2D eigenvalue weighted by atomic mass is 32.2. The summed E-state index contributed by atoms with van der Waals surface area (Å²) in [4.78, 5) is 12.5. The molecule has 1 aromatic heterocycles. The predicted octanol–water partition coefficient (Wildman–Crippen LogP) is 5.47. The summed E-state index contributed by atoms with van der Waals surface area (Å²) in [5.74, 6) is 0.567. The second-order valence-corrected chi connectivity index (χ2v) is 10.5. The van der Waals surface area contributed by atoms with Crippen LogP contribution in [-0.4, -0.2) is 23.0 Å². The van der Waals surface area contributed by atoms with Crippen molar-refractivity contribution < 1.29 is 24.1 Å². The van der Waals surface area contributed by atoms with Gasteiger partial charge in [0, 0.05) is 42.1 Å². The van der Waals surface area contributed by atoms with E-state index in [2.05, 4.69) is 10.6 Å². The molecule has 40 heavy (non-hydrogen) atoms. The first kappa shape index (κ1) is 27.7. The average Bonchev–Trinajstić information content (AvgIpc) is 3.00. The van der Waals surface area contributed by atoms with Gasteiger partial charge in [0.05, 0.1) is 18.8 Å². The summed E-state index contributed by atoms with van der Waals surface area (Å²) in [6, 6.07) is 29.8. The molecular formula is C31H31N3O5S. The molecule has 0 saturated carbocycles. The lowest BCUT2D eigenvalue weighted by Crippen LogP contribution is -2.33. The highest BCUT2D eigenvalue weighted by Gasteiger charge is 2.33. The number of anilines is 1. The van der Waals surface area contributed by atoms with E-state index in [0.29, 0.717) is 29.4 Å². The summed E-state index contributed by atoms with van der Waals surface area (Å²) in [6.07, 6.45) is 0.963. The minimum absolute atomic E-state index is 0.0260. The van der Waals surface area contributed by atoms with Crippen LogP contribution < -0.4 is 15.4 Å². The molecule has 1 aliphatic rings. The van der Waals surface area contributed by atoms with Gasteiger partial charge in [-0.15, -0.1) is 0 Å². The second kappa shape index (κ2) is 13.5. The van der Waals surface area contributed by atoms with Gasteiger partial charge in [0.25, 0.3) is 5.03 Å². The smallest absolute Gasteiger partial charge is 0.319 e. The molecule has 1 saturated heterocycles. The number of nitrogens with one attached hydrogen (secondary N) is 2. The minimum Gasteiger partial charge on any atom is -0.618 e. The van der Waals surface area contributed by atoms with E-state index in [4.69, 9.17) is 9.47 Å². The van der Waals surface area contributed by atoms with Gasteiger partial charge in [0.15, 0.2) is 12.5 Å². The Hall–Kier alpha value is -3.89. The van der Waals surface area contributed by atoms with Crippen LogP contribution in [0.4, 0.5) is 10.5 Å². The first-order valence-electron chi connectivity index (χ1n) is 13.1. The lowest BCUT2D eigenvalue weighted by molar-refractivity contribution is -0.645. The fourth-order valence-corrected chi connectivity index (χ4v) is 5.38. The van der Waals surface area contributed by atoms with Crippen molar-refractivity contribution in [2.45, 2.75) is 43.1 Å². The van der Waals surface area contributed by atoms with Gasteiger partial charge >= 0.3 is 6.03 Å². The van der Waals surface area contributed by atoms with E-state index >= 15 is 0 Å². The number of rotatable bonds is 9. The van der Waals surface area contributed by atoms with Crippen LogP contribution >= 0.6 is 11.8 Å². The number of carbonyl (C=O) groups is 1. The zero-order valence-corrected chi connectivity index (χ0v) is 22.6. The Balaban J connectivity index is 1.29. The molecule has 0 spiro atoms. The predicted molar refractivity (Wildman–Crippen MR) is 153 cm³/mol. The summed E-state index contributed by atoms with van der Waals surface area (Å²) in [7, 11) is 0. The van der Waals surface area contributed by atoms with Crippen LogP contribution in [0.3, 0.4) is 0 Å². The maximum Gasteiger partial charge on any atom is 0.319 e. The fourth-order valence-electron chi connectivity index (χ4n) is 4.44. The molecule has 3 aromatic carbocycles. The third-order valence-corrected chi connectivity index (χ3v) is 7.68. The Bertz CT molecular complexity index is 1400. The zero-order valence-electron chi connectivity index (χ0n) is 21.8. The van der Waals surface area contributed by atoms with Crippen LogP contribution in [0.25, 0.3) is 0 Å². The minimum atomic E-state index is -0.675.